The molecule has 2 aromatic carbocycles. The van der Waals surface area contributed by atoms with Crippen LogP contribution in [-0.2, 0) is 11.3 Å². The average Bonchev–Trinajstić information content (AvgIpc) is 3.00. The summed E-state index contributed by atoms with van der Waals surface area (Å²) in [7, 11) is 2.07. The van der Waals surface area contributed by atoms with E-state index in [-0.39, 0.29) is 28.9 Å². The van der Waals surface area contributed by atoms with E-state index in [1.807, 2.05) is 6.92 Å². The van der Waals surface area contributed by atoms with Gasteiger partial charge in [0.05, 0.1) is 21.9 Å². The summed E-state index contributed by atoms with van der Waals surface area (Å²) in [4.78, 5) is 39.7. The number of anilines is 1. The van der Waals surface area contributed by atoms with Crippen LogP contribution in [0.4, 0.5) is 16.2 Å². The Morgan fingerprint density at radius 1 is 1.12 bits per heavy atom. The number of amides is 2. The molecule has 2 aromatic rings. The summed E-state index contributed by atoms with van der Waals surface area (Å²) >= 11 is 0.916. The summed E-state index contributed by atoms with van der Waals surface area (Å²) in [6.45, 7) is 8.50. The molecule has 0 bridgehead atoms. The molecule has 0 aliphatic carbocycles. The normalized spacial score (nSPS) is 18.6. The van der Waals surface area contributed by atoms with E-state index in [9.17, 15) is 19.7 Å². The Labute approximate surface area is 196 Å². The number of hydrogen-bond donors (Lipinski definition) is 0. The van der Waals surface area contributed by atoms with Gasteiger partial charge in [-0.3, -0.25) is 24.6 Å². The number of nitro groups is 1. The van der Waals surface area contributed by atoms with Gasteiger partial charge in [-0.05, 0) is 79.9 Å². The van der Waals surface area contributed by atoms with Gasteiger partial charge in [-0.1, -0.05) is 18.2 Å². The van der Waals surface area contributed by atoms with Crippen LogP contribution >= 0.6 is 11.8 Å². The molecule has 2 aliphatic rings. The van der Waals surface area contributed by atoms with E-state index in [4.69, 9.17) is 0 Å². The quantitative estimate of drug-likeness (QED) is 0.325. The van der Waals surface area contributed by atoms with Crippen molar-refractivity contribution in [2.45, 2.75) is 39.8 Å². The Hall–Kier alpha value is -3.39. The molecule has 0 spiro atoms. The van der Waals surface area contributed by atoms with Crippen LogP contribution < -0.4 is 4.90 Å². The van der Waals surface area contributed by atoms with Crippen LogP contribution in [0.25, 0.3) is 11.6 Å². The van der Waals surface area contributed by atoms with Crippen molar-refractivity contribution in [3.63, 3.8) is 0 Å². The number of imide groups is 1. The largest absolute Gasteiger partial charge is 0.365 e. The molecule has 1 saturated heterocycles. The third-order valence-electron chi connectivity index (χ3n) is 6.25. The van der Waals surface area contributed by atoms with Crippen LogP contribution in [-0.4, -0.2) is 33.6 Å². The van der Waals surface area contributed by atoms with Crippen molar-refractivity contribution in [1.29, 1.82) is 0 Å². The van der Waals surface area contributed by atoms with E-state index in [0.29, 0.717) is 10.5 Å². The molecule has 2 aliphatic heterocycles. The number of thioether (sulfide) groups is 1. The summed E-state index contributed by atoms with van der Waals surface area (Å²) in [5.74, 6) is -0.356. The predicted octanol–water partition coefficient (Wildman–Crippen LogP) is 5.77. The SMILES string of the molecule is CC1=CC(C)(C)N(C)c2cc(C)c(/C=C3/SC(=O)N(Cc4ccc([N+](=O)[O-])cc4)C3=O)cc21. The standard InChI is InChI=1S/C25H25N3O4S/c1-15-10-21-20(16(2)13-25(3,4)26(21)5)11-18(15)12-22-23(29)27(24(30)33-22)14-17-6-8-19(9-7-17)28(31)32/h6-13H,14H2,1-5H3/b22-12+. The first-order valence-electron chi connectivity index (χ1n) is 10.5. The van der Waals surface area contributed by atoms with Gasteiger partial charge in [0.15, 0.2) is 0 Å². The maximum atomic E-state index is 13.0. The highest BCUT2D eigenvalue weighted by Crippen LogP contribution is 2.41. The second kappa shape index (κ2) is 8.19. The Morgan fingerprint density at radius 2 is 1.79 bits per heavy atom. The zero-order valence-corrected chi connectivity index (χ0v) is 20.0. The zero-order chi connectivity index (χ0) is 24.1. The number of non-ortho nitro benzene ring substituents is 1. The van der Waals surface area contributed by atoms with E-state index in [0.717, 1.165) is 34.1 Å². The number of rotatable bonds is 4. The summed E-state index contributed by atoms with van der Waals surface area (Å²) in [6, 6.07) is 10.1. The monoisotopic (exact) mass is 463 g/mol. The van der Waals surface area contributed by atoms with Crippen molar-refractivity contribution in [3.8, 4) is 0 Å². The van der Waals surface area contributed by atoms with Crippen LogP contribution in [0.15, 0.2) is 47.4 Å². The molecule has 2 amide bonds. The maximum Gasteiger partial charge on any atom is 0.293 e. The highest BCUT2D eigenvalue weighted by atomic mass is 32.2. The van der Waals surface area contributed by atoms with Crippen molar-refractivity contribution < 1.29 is 14.5 Å². The number of fused-ring (bicyclic) bond motifs is 1. The number of hydrogen-bond acceptors (Lipinski definition) is 6. The number of carbonyl (C=O) groups is 2. The van der Waals surface area contributed by atoms with Crippen molar-refractivity contribution in [2.24, 2.45) is 0 Å². The first-order valence-corrected chi connectivity index (χ1v) is 11.4. The molecule has 0 atom stereocenters. The van der Waals surface area contributed by atoms with Gasteiger partial charge in [-0.2, -0.15) is 0 Å². The van der Waals surface area contributed by atoms with Crippen molar-refractivity contribution in [3.05, 3.63) is 79.7 Å². The molecule has 4 rings (SSSR count). The molecule has 0 radical (unpaired) electrons. The average molecular weight is 464 g/mol. The van der Waals surface area contributed by atoms with Gasteiger partial charge in [0.2, 0.25) is 0 Å². The van der Waals surface area contributed by atoms with Crippen LogP contribution in [0.1, 0.15) is 43.0 Å². The summed E-state index contributed by atoms with van der Waals surface area (Å²) in [6.07, 6.45) is 4.01. The number of likely N-dealkylation sites (N-methyl/N-ethyl adjacent to an activating group) is 1. The maximum absolute atomic E-state index is 13.0. The number of allylic oxidation sites excluding steroid dienone is 1. The fourth-order valence-corrected chi connectivity index (χ4v) is 4.99. The predicted molar refractivity (Wildman–Crippen MR) is 132 cm³/mol. The number of aryl methyl sites for hydroxylation is 1. The molecule has 0 N–H and O–H groups in total. The van der Waals surface area contributed by atoms with Gasteiger partial charge in [0.25, 0.3) is 16.8 Å². The Balaban J connectivity index is 1.61. The molecule has 0 aromatic heterocycles. The lowest BCUT2D eigenvalue weighted by Crippen LogP contribution is -2.42. The third kappa shape index (κ3) is 4.18. The molecule has 7 nitrogen and oxygen atoms in total. The van der Waals surface area contributed by atoms with E-state index in [2.05, 4.69) is 50.9 Å². The Bertz CT molecular complexity index is 1250. The summed E-state index contributed by atoms with van der Waals surface area (Å²) in [5, 5.41) is 10.5. The molecule has 0 unspecified atom stereocenters. The number of nitro benzene ring substituents is 1. The van der Waals surface area contributed by atoms with Crippen LogP contribution in [0.2, 0.25) is 0 Å². The van der Waals surface area contributed by atoms with Crippen molar-refractivity contribution >= 4 is 45.9 Å². The first kappa shape index (κ1) is 22.8. The fraction of sp³-hybridized carbons (Fsp3) is 0.280. The van der Waals surface area contributed by atoms with Gasteiger partial charge in [-0.15, -0.1) is 0 Å². The van der Waals surface area contributed by atoms with Gasteiger partial charge >= 0.3 is 0 Å². The number of carbonyl (C=O) groups excluding carboxylic acids is 2. The van der Waals surface area contributed by atoms with E-state index >= 15 is 0 Å². The number of nitrogens with zero attached hydrogens (tertiary/aromatic N) is 3. The lowest BCUT2D eigenvalue weighted by molar-refractivity contribution is -0.384. The molecule has 8 heteroatoms. The zero-order valence-electron chi connectivity index (χ0n) is 19.2. The van der Waals surface area contributed by atoms with Crippen molar-refractivity contribution in [2.75, 3.05) is 11.9 Å². The molecule has 1 fully saturated rings. The molecular formula is C25H25N3O4S. The first-order chi connectivity index (χ1) is 15.5. The minimum absolute atomic E-state index is 0.0333. The van der Waals surface area contributed by atoms with Gasteiger partial charge in [0.1, 0.15) is 0 Å². The second-order valence-electron chi connectivity index (χ2n) is 8.96. The molecular weight excluding hydrogens is 438 g/mol. The summed E-state index contributed by atoms with van der Waals surface area (Å²) < 4.78 is 0. The Kier molecular flexibility index (Phi) is 5.66. The highest BCUT2D eigenvalue weighted by molar-refractivity contribution is 8.18. The van der Waals surface area contributed by atoms with Gasteiger partial charge in [0, 0.05) is 30.4 Å². The lowest BCUT2D eigenvalue weighted by Gasteiger charge is -2.41. The van der Waals surface area contributed by atoms with Gasteiger partial charge < -0.3 is 4.90 Å². The second-order valence-corrected chi connectivity index (χ2v) is 9.95. The van der Waals surface area contributed by atoms with Crippen LogP contribution in [0.5, 0.6) is 0 Å². The molecule has 33 heavy (non-hydrogen) atoms. The fourth-order valence-electron chi connectivity index (χ4n) is 4.16. The molecule has 0 saturated carbocycles. The number of benzene rings is 2. The Morgan fingerprint density at radius 3 is 2.42 bits per heavy atom. The van der Waals surface area contributed by atoms with E-state index in [1.54, 1.807) is 18.2 Å². The van der Waals surface area contributed by atoms with E-state index in [1.165, 1.54) is 22.6 Å². The molecule has 170 valence electrons. The minimum atomic E-state index is -0.483. The third-order valence-corrected chi connectivity index (χ3v) is 7.16. The van der Waals surface area contributed by atoms with E-state index < -0.39 is 4.92 Å². The smallest absolute Gasteiger partial charge is 0.293 e. The minimum Gasteiger partial charge on any atom is -0.365 e. The van der Waals surface area contributed by atoms with Crippen LogP contribution in [0.3, 0.4) is 0 Å². The van der Waals surface area contributed by atoms with Crippen molar-refractivity contribution in [1.82, 2.24) is 4.90 Å². The molecule has 2 heterocycles. The lowest BCUT2D eigenvalue weighted by atomic mass is 9.87. The van der Waals surface area contributed by atoms with Gasteiger partial charge in [-0.25, -0.2) is 0 Å². The topological polar surface area (TPSA) is 83.8 Å². The van der Waals surface area contributed by atoms with Crippen LogP contribution in [0, 0.1) is 17.0 Å². The summed E-state index contributed by atoms with van der Waals surface area (Å²) in [5.41, 5.74) is 5.87. The highest BCUT2D eigenvalue weighted by Gasteiger charge is 2.35.